The number of anilines is 1. The highest BCUT2D eigenvalue weighted by molar-refractivity contribution is 5.70. The molecule has 17 heavy (non-hydrogen) atoms. The van der Waals surface area contributed by atoms with Crippen LogP contribution in [-0.2, 0) is 0 Å². The molecule has 0 unspecified atom stereocenters. The molecule has 0 amide bonds. The van der Waals surface area contributed by atoms with Crippen molar-refractivity contribution in [3.05, 3.63) is 53.9 Å². The Balaban J connectivity index is 2.22. The number of nitrogen functional groups attached to an aromatic ring is 1. The van der Waals surface area contributed by atoms with Gasteiger partial charge in [0.05, 0.1) is 18.5 Å². The molecule has 0 fully saturated rings. The third-order valence-electron chi connectivity index (χ3n) is 2.39. The van der Waals surface area contributed by atoms with Crippen molar-refractivity contribution in [2.75, 3.05) is 12.8 Å². The number of rotatable bonds is 3. The number of pyridine rings is 1. The smallest absolute Gasteiger partial charge is 0.142 e. The standard InChI is InChI=1S/C14H14N2O/c1-17-14-10-11(6-8-13(14)15)5-7-12-4-2-3-9-16-12/h2-10H,15H2,1H3/b7-5+. The molecule has 0 radical (unpaired) electrons. The SMILES string of the molecule is COc1cc(/C=C/c2ccccn2)ccc1N. The quantitative estimate of drug-likeness (QED) is 0.819. The van der Waals surface area contributed by atoms with Crippen molar-refractivity contribution in [1.82, 2.24) is 4.98 Å². The molecule has 0 saturated carbocycles. The predicted molar refractivity (Wildman–Crippen MR) is 70.6 cm³/mol. The van der Waals surface area contributed by atoms with Gasteiger partial charge in [-0.3, -0.25) is 4.98 Å². The molecular formula is C14H14N2O. The van der Waals surface area contributed by atoms with Gasteiger partial charge in [0.1, 0.15) is 5.75 Å². The van der Waals surface area contributed by atoms with Crippen molar-refractivity contribution in [3.63, 3.8) is 0 Å². The fraction of sp³-hybridized carbons (Fsp3) is 0.0714. The Bertz CT molecular complexity index is 521. The van der Waals surface area contributed by atoms with Gasteiger partial charge in [-0.1, -0.05) is 18.2 Å². The van der Waals surface area contributed by atoms with E-state index in [9.17, 15) is 0 Å². The summed E-state index contributed by atoms with van der Waals surface area (Å²) in [6.07, 6.45) is 5.69. The average molecular weight is 226 g/mol. The van der Waals surface area contributed by atoms with Gasteiger partial charge in [0, 0.05) is 6.20 Å². The second kappa shape index (κ2) is 5.16. The lowest BCUT2D eigenvalue weighted by Crippen LogP contribution is -1.92. The lowest BCUT2D eigenvalue weighted by Gasteiger charge is -2.04. The summed E-state index contributed by atoms with van der Waals surface area (Å²) in [6.45, 7) is 0. The molecule has 0 atom stereocenters. The average Bonchev–Trinajstić information content (AvgIpc) is 2.39. The summed E-state index contributed by atoms with van der Waals surface area (Å²) in [5, 5.41) is 0. The van der Waals surface area contributed by atoms with Crippen molar-refractivity contribution in [2.24, 2.45) is 0 Å². The normalized spacial score (nSPS) is 10.6. The lowest BCUT2D eigenvalue weighted by atomic mass is 10.1. The topological polar surface area (TPSA) is 48.1 Å². The van der Waals surface area contributed by atoms with Gasteiger partial charge in [-0.2, -0.15) is 0 Å². The van der Waals surface area contributed by atoms with E-state index in [0.29, 0.717) is 11.4 Å². The van der Waals surface area contributed by atoms with Gasteiger partial charge in [0.15, 0.2) is 0 Å². The zero-order valence-electron chi connectivity index (χ0n) is 9.63. The first-order chi connectivity index (χ1) is 8.29. The largest absolute Gasteiger partial charge is 0.495 e. The number of nitrogens with zero attached hydrogens (tertiary/aromatic N) is 1. The summed E-state index contributed by atoms with van der Waals surface area (Å²) in [6, 6.07) is 11.5. The van der Waals surface area contributed by atoms with E-state index in [1.165, 1.54) is 0 Å². The minimum atomic E-state index is 0.641. The Kier molecular flexibility index (Phi) is 3.40. The molecule has 1 aromatic carbocycles. The Morgan fingerprint density at radius 1 is 1.18 bits per heavy atom. The van der Waals surface area contributed by atoms with Crippen LogP contribution in [0.3, 0.4) is 0 Å². The molecule has 2 N–H and O–H groups in total. The zero-order chi connectivity index (χ0) is 12.1. The van der Waals surface area contributed by atoms with E-state index in [-0.39, 0.29) is 0 Å². The van der Waals surface area contributed by atoms with Crippen LogP contribution in [0.25, 0.3) is 12.2 Å². The molecule has 3 heteroatoms. The first-order valence-electron chi connectivity index (χ1n) is 5.32. The minimum Gasteiger partial charge on any atom is -0.495 e. The van der Waals surface area contributed by atoms with E-state index >= 15 is 0 Å². The van der Waals surface area contributed by atoms with E-state index in [4.69, 9.17) is 10.5 Å². The Hall–Kier alpha value is -2.29. The van der Waals surface area contributed by atoms with E-state index < -0.39 is 0 Å². The molecule has 86 valence electrons. The Morgan fingerprint density at radius 3 is 2.76 bits per heavy atom. The van der Waals surface area contributed by atoms with E-state index in [1.54, 1.807) is 13.3 Å². The molecule has 0 bridgehead atoms. The highest BCUT2D eigenvalue weighted by atomic mass is 16.5. The number of hydrogen-bond acceptors (Lipinski definition) is 3. The van der Waals surface area contributed by atoms with E-state index in [2.05, 4.69) is 4.98 Å². The van der Waals surface area contributed by atoms with E-state index in [0.717, 1.165) is 11.3 Å². The van der Waals surface area contributed by atoms with Gasteiger partial charge in [-0.05, 0) is 35.9 Å². The summed E-state index contributed by atoms with van der Waals surface area (Å²) >= 11 is 0. The summed E-state index contributed by atoms with van der Waals surface area (Å²) < 4.78 is 5.16. The number of ether oxygens (including phenoxy) is 1. The second-order valence-electron chi connectivity index (χ2n) is 3.59. The third kappa shape index (κ3) is 2.84. The maximum absolute atomic E-state index is 5.75. The minimum absolute atomic E-state index is 0.641. The van der Waals surface area contributed by atoms with Crippen LogP contribution >= 0.6 is 0 Å². The van der Waals surface area contributed by atoms with Crippen LogP contribution in [0.1, 0.15) is 11.3 Å². The Labute approximate surface area is 101 Å². The zero-order valence-corrected chi connectivity index (χ0v) is 9.63. The van der Waals surface area contributed by atoms with Crippen LogP contribution < -0.4 is 10.5 Å². The summed E-state index contributed by atoms with van der Waals surface area (Å²) in [5.41, 5.74) is 8.34. The molecule has 1 aromatic heterocycles. The maximum Gasteiger partial charge on any atom is 0.142 e. The highest BCUT2D eigenvalue weighted by Gasteiger charge is 1.98. The molecule has 0 aliphatic heterocycles. The van der Waals surface area contributed by atoms with Crippen LogP contribution in [-0.4, -0.2) is 12.1 Å². The van der Waals surface area contributed by atoms with Crippen LogP contribution in [0.2, 0.25) is 0 Å². The van der Waals surface area contributed by atoms with Crippen molar-refractivity contribution in [3.8, 4) is 5.75 Å². The molecule has 0 aliphatic carbocycles. The number of benzene rings is 1. The molecule has 1 heterocycles. The van der Waals surface area contributed by atoms with Gasteiger partial charge in [0.25, 0.3) is 0 Å². The molecule has 2 aromatic rings. The van der Waals surface area contributed by atoms with E-state index in [1.807, 2.05) is 48.6 Å². The van der Waals surface area contributed by atoms with Gasteiger partial charge in [-0.15, -0.1) is 0 Å². The second-order valence-corrected chi connectivity index (χ2v) is 3.59. The highest BCUT2D eigenvalue weighted by Crippen LogP contribution is 2.23. The summed E-state index contributed by atoms with van der Waals surface area (Å²) in [5.74, 6) is 0.688. The third-order valence-corrected chi connectivity index (χ3v) is 2.39. The lowest BCUT2D eigenvalue weighted by molar-refractivity contribution is 0.417. The number of hydrogen-bond donors (Lipinski definition) is 1. The van der Waals surface area contributed by atoms with Gasteiger partial charge in [-0.25, -0.2) is 0 Å². The fourth-order valence-corrected chi connectivity index (χ4v) is 1.49. The van der Waals surface area contributed by atoms with Crippen molar-refractivity contribution in [1.29, 1.82) is 0 Å². The molecular weight excluding hydrogens is 212 g/mol. The number of nitrogens with two attached hydrogens (primary N) is 1. The summed E-state index contributed by atoms with van der Waals surface area (Å²) in [4.78, 5) is 4.21. The Morgan fingerprint density at radius 2 is 2.06 bits per heavy atom. The van der Waals surface area contributed by atoms with Crippen LogP contribution in [0.15, 0.2) is 42.6 Å². The predicted octanol–water partition coefficient (Wildman–Crippen LogP) is 2.84. The first kappa shape index (κ1) is 11.2. The van der Waals surface area contributed by atoms with Crippen molar-refractivity contribution >= 4 is 17.8 Å². The fourth-order valence-electron chi connectivity index (χ4n) is 1.49. The van der Waals surface area contributed by atoms with Crippen LogP contribution in [0.4, 0.5) is 5.69 Å². The molecule has 0 aliphatic rings. The summed E-state index contributed by atoms with van der Waals surface area (Å²) in [7, 11) is 1.61. The molecule has 3 nitrogen and oxygen atoms in total. The number of methoxy groups -OCH3 is 1. The maximum atomic E-state index is 5.75. The van der Waals surface area contributed by atoms with Crippen molar-refractivity contribution in [2.45, 2.75) is 0 Å². The molecule has 0 saturated heterocycles. The molecule has 0 spiro atoms. The number of aromatic nitrogens is 1. The van der Waals surface area contributed by atoms with Gasteiger partial charge < -0.3 is 10.5 Å². The molecule has 2 rings (SSSR count). The van der Waals surface area contributed by atoms with Gasteiger partial charge >= 0.3 is 0 Å². The monoisotopic (exact) mass is 226 g/mol. The first-order valence-corrected chi connectivity index (χ1v) is 5.32. The van der Waals surface area contributed by atoms with Crippen LogP contribution in [0.5, 0.6) is 5.75 Å². The van der Waals surface area contributed by atoms with Gasteiger partial charge in [0.2, 0.25) is 0 Å². The van der Waals surface area contributed by atoms with Crippen LogP contribution in [0, 0.1) is 0 Å². The van der Waals surface area contributed by atoms with Crippen molar-refractivity contribution < 1.29 is 4.74 Å².